The van der Waals surface area contributed by atoms with E-state index in [9.17, 15) is 9.18 Å². The topological polar surface area (TPSA) is 86.5 Å². The molecule has 0 fully saturated rings. The van der Waals surface area contributed by atoms with E-state index in [1.165, 1.54) is 44.7 Å². The van der Waals surface area contributed by atoms with Gasteiger partial charge in [-0.2, -0.15) is 0 Å². The fourth-order valence-electron chi connectivity index (χ4n) is 1.70. The number of ether oxygens (including phenoxy) is 2. The Labute approximate surface area is 120 Å². The van der Waals surface area contributed by atoms with Crippen molar-refractivity contribution in [2.24, 2.45) is 0 Å². The first-order valence-electron chi connectivity index (χ1n) is 5.99. The van der Waals surface area contributed by atoms with E-state index < -0.39 is 11.8 Å². The molecule has 0 saturated heterocycles. The van der Waals surface area contributed by atoms with Crippen molar-refractivity contribution >= 4 is 23.2 Å². The molecule has 0 aliphatic carbocycles. The van der Waals surface area contributed by atoms with Gasteiger partial charge in [0.2, 0.25) is 0 Å². The van der Waals surface area contributed by atoms with Gasteiger partial charge in [-0.05, 0) is 18.2 Å². The number of benzene rings is 1. The molecule has 2 rings (SSSR count). The molecule has 6 nitrogen and oxygen atoms in total. The molecule has 0 atom stereocenters. The van der Waals surface area contributed by atoms with Gasteiger partial charge in [0.25, 0.3) is 0 Å². The van der Waals surface area contributed by atoms with Crippen molar-refractivity contribution in [3.63, 3.8) is 0 Å². The number of halogens is 1. The van der Waals surface area contributed by atoms with Crippen LogP contribution in [0.2, 0.25) is 0 Å². The van der Waals surface area contributed by atoms with Gasteiger partial charge >= 0.3 is 5.97 Å². The molecule has 1 aromatic heterocycles. The number of pyridine rings is 1. The Morgan fingerprint density at radius 1 is 1.33 bits per heavy atom. The number of esters is 1. The molecule has 1 heterocycles. The number of carbonyl (C=O) groups excluding carboxylic acids is 1. The molecule has 0 aliphatic heterocycles. The van der Waals surface area contributed by atoms with E-state index in [0.29, 0.717) is 11.4 Å². The van der Waals surface area contributed by atoms with E-state index in [1.54, 1.807) is 0 Å². The van der Waals surface area contributed by atoms with Crippen molar-refractivity contribution in [2.45, 2.75) is 0 Å². The van der Waals surface area contributed by atoms with Gasteiger partial charge in [0.05, 0.1) is 31.8 Å². The van der Waals surface area contributed by atoms with Crippen LogP contribution in [0.4, 0.5) is 21.6 Å². The van der Waals surface area contributed by atoms with E-state index in [2.05, 4.69) is 15.0 Å². The summed E-state index contributed by atoms with van der Waals surface area (Å²) in [6.45, 7) is 0. The van der Waals surface area contributed by atoms with Crippen molar-refractivity contribution in [3.05, 3.63) is 41.8 Å². The largest absolute Gasteiger partial charge is 0.497 e. The number of aromatic nitrogens is 1. The molecule has 7 heteroatoms. The van der Waals surface area contributed by atoms with Gasteiger partial charge in [-0.3, -0.25) is 0 Å². The minimum Gasteiger partial charge on any atom is -0.497 e. The van der Waals surface area contributed by atoms with Crippen molar-refractivity contribution < 1.29 is 18.7 Å². The number of rotatable bonds is 4. The summed E-state index contributed by atoms with van der Waals surface area (Å²) in [5.74, 6) is -0.525. The molecule has 21 heavy (non-hydrogen) atoms. The molecule has 1 aromatic carbocycles. The van der Waals surface area contributed by atoms with Gasteiger partial charge in [-0.15, -0.1) is 0 Å². The summed E-state index contributed by atoms with van der Waals surface area (Å²) >= 11 is 0. The molecule has 0 spiro atoms. The van der Waals surface area contributed by atoms with Crippen LogP contribution in [-0.4, -0.2) is 25.2 Å². The van der Waals surface area contributed by atoms with E-state index >= 15 is 0 Å². The quantitative estimate of drug-likeness (QED) is 0.841. The molecule has 0 radical (unpaired) electrons. The van der Waals surface area contributed by atoms with Crippen LogP contribution in [0.5, 0.6) is 5.75 Å². The first kappa shape index (κ1) is 14.6. The normalized spacial score (nSPS) is 10.0. The zero-order chi connectivity index (χ0) is 15.4. The molecule has 3 N–H and O–H groups in total. The highest BCUT2D eigenvalue weighted by Gasteiger charge is 2.15. The highest BCUT2D eigenvalue weighted by Crippen LogP contribution is 2.26. The average molecular weight is 291 g/mol. The first-order chi connectivity index (χ1) is 10.0. The van der Waals surface area contributed by atoms with E-state index in [0.717, 1.165) is 0 Å². The lowest BCUT2D eigenvalue weighted by Gasteiger charge is -2.12. The summed E-state index contributed by atoms with van der Waals surface area (Å²) in [7, 11) is 2.71. The minimum absolute atomic E-state index is 0.111. The summed E-state index contributed by atoms with van der Waals surface area (Å²) < 4.78 is 23.5. The summed E-state index contributed by atoms with van der Waals surface area (Å²) in [6.07, 6.45) is 1.35. The van der Waals surface area contributed by atoms with Gasteiger partial charge < -0.3 is 20.5 Å². The van der Waals surface area contributed by atoms with Gasteiger partial charge in [-0.1, -0.05) is 0 Å². The third-order valence-corrected chi connectivity index (χ3v) is 2.74. The number of carbonyl (C=O) groups is 1. The minimum atomic E-state index is -0.624. The third kappa shape index (κ3) is 3.19. The second kappa shape index (κ2) is 6.08. The third-order valence-electron chi connectivity index (χ3n) is 2.74. The highest BCUT2D eigenvalue weighted by molar-refractivity contribution is 5.96. The van der Waals surface area contributed by atoms with Gasteiger partial charge in [0.15, 0.2) is 0 Å². The molecule has 0 amide bonds. The van der Waals surface area contributed by atoms with Crippen molar-refractivity contribution in [1.82, 2.24) is 4.98 Å². The van der Waals surface area contributed by atoms with E-state index in [-0.39, 0.29) is 17.1 Å². The Hall–Kier alpha value is -2.83. The summed E-state index contributed by atoms with van der Waals surface area (Å²) in [6, 6.07) is 5.59. The van der Waals surface area contributed by atoms with Crippen LogP contribution in [0.3, 0.4) is 0 Å². The number of nitrogen functional groups attached to an aromatic ring is 1. The van der Waals surface area contributed by atoms with Crippen LogP contribution >= 0.6 is 0 Å². The molecular weight excluding hydrogens is 277 g/mol. The number of hydrogen-bond acceptors (Lipinski definition) is 6. The lowest BCUT2D eigenvalue weighted by Crippen LogP contribution is -2.09. The van der Waals surface area contributed by atoms with Crippen LogP contribution in [0.15, 0.2) is 30.5 Å². The lowest BCUT2D eigenvalue weighted by molar-refractivity contribution is 0.0601. The maximum absolute atomic E-state index is 13.8. The summed E-state index contributed by atoms with van der Waals surface area (Å²) in [5, 5.41) is 2.74. The second-order valence-corrected chi connectivity index (χ2v) is 4.13. The van der Waals surface area contributed by atoms with Crippen molar-refractivity contribution in [1.29, 1.82) is 0 Å². The molecule has 0 saturated carbocycles. The van der Waals surface area contributed by atoms with E-state index in [4.69, 9.17) is 10.5 Å². The predicted molar refractivity (Wildman–Crippen MR) is 76.2 cm³/mol. The SMILES string of the molecule is COC(=O)c1cc(N)cnc1Nc1cc(OC)ccc1F. The number of nitrogens with two attached hydrogens (primary N) is 1. The first-order valence-corrected chi connectivity index (χ1v) is 5.99. The second-order valence-electron chi connectivity index (χ2n) is 4.13. The van der Waals surface area contributed by atoms with Crippen LogP contribution < -0.4 is 15.8 Å². The molecule has 0 aliphatic rings. The zero-order valence-electron chi connectivity index (χ0n) is 11.5. The molecule has 2 aromatic rings. The van der Waals surface area contributed by atoms with Gasteiger partial charge in [0.1, 0.15) is 22.9 Å². The van der Waals surface area contributed by atoms with Crippen LogP contribution in [0, 0.1) is 5.82 Å². The fourth-order valence-corrected chi connectivity index (χ4v) is 1.70. The summed E-state index contributed by atoms with van der Waals surface area (Å²) in [4.78, 5) is 15.7. The van der Waals surface area contributed by atoms with E-state index in [1.807, 2.05) is 0 Å². The molecular formula is C14H14FN3O3. The molecule has 0 unspecified atom stereocenters. The Bertz CT molecular complexity index is 677. The number of nitrogens with zero attached hydrogens (tertiary/aromatic N) is 1. The average Bonchev–Trinajstić information content (AvgIpc) is 2.50. The van der Waals surface area contributed by atoms with Crippen LogP contribution in [0.1, 0.15) is 10.4 Å². The number of nitrogens with one attached hydrogen (secondary N) is 1. The molecule has 0 bridgehead atoms. The maximum atomic E-state index is 13.8. The number of hydrogen-bond donors (Lipinski definition) is 2. The predicted octanol–water partition coefficient (Wildman–Crippen LogP) is 2.34. The van der Waals surface area contributed by atoms with Crippen molar-refractivity contribution in [2.75, 3.05) is 25.3 Å². The lowest BCUT2D eigenvalue weighted by atomic mass is 10.2. The monoisotopic (exact) mass is 291 g/mol. The fraction of sp³-hybridized carbons (Fsp3) is 0.143. The Morgan fingerprint density at radius 2 is 2.10 bits per heavy atom. The maximum Gasteiger partial charge on any atom is 0.341 e. The number of methoxy groups -OCH3 is 2. The van der Waals surface area contributed by atoms with Crippen molar-refractivity contribution in [3.8, 4) is 5.75 Å². The van der Waals surface area contributed by atoms with Crippen LogP contribution in [0.25, 0.3) is 0 Å². The molecule has 110 valence electrons. The van der Waals surface area contributed by atoms with Crippen LogP contribution in [-0.2, 0) is 4.74 Å². The standard InChI is InChI=1S/C14H14FN3O3/c1-20-9-3-4-11(15)12(6-9)18-13-10(14(19)21-2)5-8(16)7-17-13/h3-7H,16H2,1-2H3,(H,17,18). The Morgan fingerprint density at radius 3 is 2.76 bits per heavy atom. The highest BCUT2D eigenvalue weighted by atomic mass is 19.1. The summed E-state index contributed by atoms with van der Waals surface area (Å²) in [5.41, 5.74) is 6.13. The van der Waals surface area contributed by atoms with Gasteiger partial charge in [-0.25, -0.2) is 14.2 Å². The Kier molecular flexibility index (Phi) is 4.22. The Balaban J connectivity index is 2.42. The zero-order valence-corrected chi connectivity index (χ0v) is 11.5. The number of anilines is 3. The smallest absolute Gasteiger partial charge is 0.341 e. The van der Waals surface area contributed by atoms with Gasteiger partial charge in [0, 0.05) is 6.07 Å².